The van der Waals surface area contributed by atoms with Crippen LogP contribution < -0.4 is 5.32 Å². The van der Waals surface area contributed by atoms with Crippen molar-refractivity contribution in [3.8, 4) is 0 Å². The average molecular weight is 381 g/mol. The van der Waals surface area contributed by atoms with E-state index in [1.165, 1.54) is 0 Å². The molecule has 0 spiro atoms. The van der Waals surface area contributed by atoms with Crippen molar-refractivity contribution in [2.75, 3.05) is 0 Å². The summed E-state index contributed by atoms with van der Waals surface area (Å²) in [5.74, 6) is -0.334. The Morgan fingerprint density at radius 1 is 0.962 bits per heavy atom. The van der Waals surface area contributed by atoms with Crippen molar-refractivity contribution in [1.29, 1.82) is 0 Å². The molecule has 1 atom stereocenters. The van der Waals surface area contributed by atoms with Crippen LogP contribution in [-0.4, -0.2) is 28.4 Å². The molecule has 0 saturated carbocycles. The third-order valence-corrected chi connectivity index (χ3v) is 3.25. The van der Waals surface area contributed by atoms with E-state index in [-0.39, 0.29) is 12.4 Å². The number of hydrogen-bond acceptors (Lipinski definition) is 5. The molecule has 1 amide bonds. The molecule has 0 aliphatic heterocycles. The zero-order valence-electron chi connectivity index (χ0n) is 16.1. The number of carbonyl (C=O) groups excluding carboxylic acids is 3. The number of hydrogen-bond donors (Lipinski definition) is 2. The average Bonchev–Trinajstić information content (AvgIpc) is 2.41. The molecule has 0 fully saturated rings. The molecule has 0 bridgehead atoms. The molecule has 7 heteroatoms. The molecule has 6 nitrogen and oxygen atoms in total. The summed E-state index contributed by atoms with van der Waals surface area (Å²) in [5.41, 5.74) is 0.0677. The second-order valence-electron chi connectivity index (χ2n) is 7.92. The highest BCUT2D eigenvalue weighted by Crippen LogP contribution is 2.19. The second-order valence-corrected chi connectivity index (χ2v) is 8.36. The van der Waals surface area contributed by atoms with Gasteiger partial charge in [0.05, 0.1) is 6.42 Å². The van der Waals surface area contributed by atoms with Crippen molar-refractivity contribution in [3.05, 3.63) is 35.4 Å². The fourth-order valence-corrected chi connectivity index (χ4v) is 2.30. The molecule has 0 radical (unpaired) electrons. The molecule has 1 N–H and O–H groups in total. The van der Waals surface area contributed by atoms with Gasteiger partial charge in [-0.1, -0.05) is 24.3 Å². The minimum Gasteiger partial charge on any atom is -0.460 e. The Morgan fingerprint density at radius 2 is 1.46 bits per heavy atom. The Balaban J connectivity index is 2.81. The molecule has 1 aromatic carbocycles. The highest BCUT2D eigenvalue weighted by atomic mass is 32.1. The van der Waals surface area contributed by atoms with Gasteiger partial charge in [-0.25, -0.2) is 4.79 Å². The first-order chi connectivity index (χ1) is 11.8. The number of ether oxygens (including phenoxy) is 2. The third kappa shape index (κ3) is 8.38. The Labute approximate surface area is 160 Å². The first-order valence-electron chi connectivity index (χ1n) is 8.30. The molecule has 26 heavy (non-hydrogen) atoms. The largest absolute Gasteiger partial charge is 0.460 e. The normalized spacial score (nSPS) is 12.9. The summed E-state index contributed by atoms with van der Waals surface area (Å²) in [7, 11) is 0. The van der Waals surface area contributed by atoms with Crippen molar-refractivity contribution in [2.24, 2.45) is 0 Å². The number of amides is 1. The topological polar surface area (TPSA) is 81.7 Å². The van der Waals surface area contributed by atoms with Gasteiger partial charge in [-0.05, 0) is 52.7 Å². The molecule has 1 unspecified atom stereocenters. The Kier molecular flexibility index (Phi) is 7.26. The molecule has 0 aliphatic carbocycles. The van der Waals surface area contributed by atoms with E-state index >= 15 is 0 Å². The van der Waals surface area contributed by atoms with E-state index in [0.29, 0.717) is 5.56 Å². The van der Waals surface area contributed by atoms with Gasteiger partial charge in [0.25, 0.3) is 0 Å². The molecule has 144 valence electrons. The van der Waals surface area contributed by atoms with Crippen molar-refractivity contribution < 1.29 is 23.9 Å². The lowest BCUT2D eigenvalue weighted by Gasteiger charge is -2.22. The SMILES string of the molecule is CC(C)(C)OC(=O)Cc1ccc(C(NC(=O)OC(C)(C)C)C(=O)S)cc1. The molecule has 0 aromatic heterocycles. The maximum absolute atomic E-state index is 11.9. The smallest absolute Gasteiger partial charge is 0.408 e. The Bertz CT molecular complexity index is 656. The van der Waals surface area contributed by atoms with Gasteiger partial charge >= 0.3 is 12.1 Å². The zero-order chi connectivity index (χ0) is 20.1. The van der Waals surface area contributed by atoms with E-state index in [0.717, 1.165) is 5.56 Å². The highest BCUT2D eigenvalue weighted by Gasteiger charge is 2.24. The number of nitrogens with one attached hydrogen (secondary N) is 1. The quantitative estimate of drug-likeness (QED) is 0.602. The van der Waals surface area contributed by atoms with Gasteiger partial charge in [-0.2, -0.15) is 0 Å². The highest BCUT2D eigenvalue weighted by molar-refractivity contribution is 7.96. The lowest BCUT2D eigenvalue weighted by atomic mass is 10.0. The number of carbonyl (C=O) groups is 3. The zero-order valence-corrected chi connectivity index (χ0v) is 17.0. The number of alkyl carbamates (subject to hydrolysis) is 1. The summed E-state index contributed by atoms with van der Waals surface area (Å²) in [6, 6.07) is 5.80. The van der Waals surface area contributed by atoms with Crippen molar-refractivity contribution >= 4 is 29.8 Å². The molecule has 1 aromatic rings. The molecular weight excluding hydrogens is 354 g/mol. The minimum absolute atomic E-state index is 0.122. The predicted octanol–water partition coefficient (Wildman–Crippen LogP) is 3.59. The van der Waals surface area contributed by atoms with Crippen LogP contribution in [0.15, 0.2) is 24.3 Å². The van der Waals surface area contributed by atoms with Gasteiger partial charge in [-0.3, -0.25) is 9.59 Å². The second kappa shape index (κ2) is 8.58. The summed E-state index contributed by atoms with van der Waals surface area (Å²) in [6.45, 7) is 10.6. The number of benzene rings is 1. The van der Waals surface area contributed by atoms with Crippen molar-refractivity contribution in [3.63, 3.8) is 0 Å². The van der Waals surface area contributed by atoms with Crippen LogP contribution in [-0.2, 0) is 25.5 Å². The van der Waals surface area contributed by atoms with Gasteiger partial charge in [0.15, 0.2) is 0 Å². The Morgan fingerprint density at radius 3 is 1.88 bits per heavy atom. The summed E-state index contributed by atoms with van der Waals surface area (Å²) >= 11 is 3.84. The Hall–Kier alpha value is -2.02. The lowest BCUT2D eigenvalue weighted by molar-refractivity contribution is -0.153. The lowest BCUT2D eigenvalue weighted by Crippen LogP contribution is -2.37. The maximum atomic E-state index is 11.9. The molecule has 1 rings (SSSR count). The van der Waals surface area contributed by atoms with Crippen LogP contribution in [0.4, 0.5) is 4.79 Å². The van der Waals surface area contributed by atoms with E-state index in [4.69, 9.17) is 9.47 Å². The fraction of sp³-hybridized carbons (Fsp3) is 0.526. The van der Waals surface area contributed by atoms with E-state index in [1.807, 2.05) is 0 Å². The first kappa shape index (κ1) is 22.0. The van der Waals surface area contributed by atoms with Crippen molar-refractivity contribution in [1.82, 2.24) is 5.32 Å². The molecule has 0 aliphatic rings. The van der Waals surface area contributed by atoms with Gasteiger partial charge in [0, 0.05) is 0 Å². The monoisotopic (exact) mass is 381 g/mol. The van der Waals surface area contributed by atoms with Gasteiger partial charge in [0.2, 0.25) is 5.12 Å². The standard InChI is InChI=1S/C19H27NO5S/c1-18(2,3)24-14(21)11-12-7-9-13(10-8-12)15(16(22)26)20-17(23)25-19(4,5)6/h7-10,15H,11H2,1-6H3,(H,20,23)(H,22,26). The number of esters is 1. The number of thiol groups is 1. The summed E-state index contributed by atoms with van der Waals surface area (Å²) in [6.07, 6.45) is -0.584. The van der Waals surface area contributed by atoms with E-state index in [2.05, 4.69) is 17.9 Å². The van der Waals surface area contributed by atoms with Crippen LogP contribution in [0.3, 0.4) is 0 Å². The third-order valence-electron chi connectivity index (χ3n) is 2.99. The fourth-order valence-electron chi connectivity index (χ4n) is 2.09. The van der Waals surface area contributed by atoms with Gasteiger partial charge in [-0.15, -0.1) is 12.6 Å². The first-order valence-corrected chi connectivity index (χ1v) is 8.74. The van der Waals surface area contributed by atoms with E-state index < -0.39 is 28.5 Å². The van der Waals surface area contributed by atoms with Crippen LogP contribution in [0, 0.1) is 0 Å². The van der Waals surface area contributed by atoms with Crippen LogP contribution in [0.2, 0.25) is 0 Å². The summed E-state index contributed by atoms with van der Waals surface area (Å²) in [4.78, 5) is 35.6. The maximum Gasteiger partial charge on any atom is 0.408 e. The van der Waals surface area contributed by atoms with Gasteiger partial charge < -0.3 is 14.8 Å². The van der Waals surface area contributed by atoms with Crippen LogP contribution in [0.25, 0.3) is 0 Å². The van der Waals surface area contributed by atoms with E-state index in [9.17, 15) is 14.4 Å². The van der Waals surface area contributed by atoms with Gasteiger partial charge in [0.1, 0.15) is 17.2 Å². The molecule has 0 heterocycles. The molecule has 0 saturated heterocycles. The predicted molar refractivity (Wildman–Crippen MR) is 102 cm³/mol. The van der Waals surface area contributed by atoms with Crippen LogP contribution in [0.5, 0.6) is 0 Å². The minimum atomic E-state index is -0.941. The summed E-state index contributed by atoms with van der Waals surface area (Å²) < 4.78 is 10.4. The number of rotatable bonds is 5. The van der Waals surface area contributed by atoms with Crippen molar-refractivity contribution in [2.45, 2.75) is 65.2 Å². The molecular formula is C19H27NO5S. The summed E-state index contributed by atoms with van der Waals surface area (Å²) in [5, 5.41) is 1.98. The van der Waals surface area contributed by atoms with Crippen LogP contribution >= 0.6 is 12.6 Å². The van der Waals surface area contributed by atoms with E-state index in [1.54, 1.807) is 65.8 Å². The van der Waals surface area contributed by atoms with Crippen LogP contribution in [0.1, 0.15) is 58.7 Å².